The fourth-order valence-corrected chi connectivity index (χ4v) is 3.44. The number of ether oxygens (including phenoxy) is 1. The average molecular weight is 331 g/mol. The van der Waals surface area contributed by atoms with E-state index in [0.29, 0.717) is 5.69 Å². The largest absolute Gasteiger partial charge is 0.507 e. The van der Waals surface area contributed by atoms with Crippen LogP contribution in [-0.4, -0.2) is 35.8 Å². The summed E-state index contributed by atoms with van der Waals surface area (Å²) in [7, 11) is 1.26. The lowest BCUT2D eigenvalue weighted by Gasteiger charge is -2.45. The van der Waals surface area contributed by atoms with Gasteiger partial charge in [-0.3, -0.25) is 4.90 Å². The second-order valence-corrected chi connectivity index (χ2v) is 6.01. The molecule has 5 N–H and O–H groups in total. The van der Waals surface area contributed by atoms with E-state index in [4.69, 9.17) is 11.5 Å². The van der Waals surface area contributed by atoms with Crippen LogP contribution in [0.3, 0.4) is 0 Å². The lowest BCUT2D eigenvalue weighted by Crippen LogP contribution is -2.58. The topological polar surface area (TPSA) is 127 Å². The molecule has 0 bridgehead atoms. The third-order valence-corrected chi connectivity index (χ3v) is 4.50. The Balaban J connectivity index is 2.04. The molecule has 8 heteroatoms. The molecule has 1 spiro atoms. The third-order valence-electron chi connectivity index (χ3n) is 4.50. The van der Waals surface area contributed by atoms with E-state index >= 15 is 0 Å². The van der Waals surface area contributed by atoms with Crippen LogP contribution in [0.15, 0.2) is 28.2 Å². The quantitative estimate of drug-likeness (QED) is 0.701. The number of carbonyl (C=O) groups is 1. The summed E-state index contributed by atoms with van der Waals surface area (Å²) in [5.41, 5.74) is 12.1. The van der Waals surface area contributed by atoms with Gasteiger partial charge in [-0.05, 0) is 37.8 Å². The molecule has 1 fully saturated rings. The molecule has 0 saturated heterocycles. The predicted molar refractivity (Wildman–Crippen MR) is 91.0 cm³/mol. The van der Waals surface area contributed by atoms with Crippen molar-refractivity contribution in [3.05, 3.63) is 23.8 Å². The summed E-state index contributed by atoms with van der Waals surface area (Å²) < 4.78 is 4.65. The van der Waals surface area contributed by atoms with Gasteiger partial charge in [-0.15, -0.1) is 0 Å². The highest BCUT2D eigenvalue weighted by Gasteiger charge is 2.42. The Bertz CT molecular complexity index is 722. The minimum absolute atomic E-state index is 0.0921. The normalized spacial score (nSPS) is 19.6. The number of phenols is 1. The Morgan fingerprint density at radius 1 is 1.29 bits per heavy atom. The van der Waals surface area contributed by atoms with E-state index in [9.17, 15) is 9.90 Å². The second-order valence-electron chi connectivity index (χ2n) is 6.01. The van der Waals surface area contributed by atoms with Crippen LogP contribution < -0.4 is 16.4 Å². The SMILES string of the molecule is COC(=O)c1ccc(N2C(N)=NC(N)=NC23CCCCC3)cc1O. The minimum Gasteiger partial charge on any atom is -0.507 e. The summed E-state index contributed by atoms with van der Waals surface area (Å²) in [4.78, 5) is 22.1. The van der Waals surface area contributed by atoms with E-state index in [1.54, 1.807) is 11.0 Å². The number of benzene rings is 1. The standard InChI is InChI=1S/C16H21N5O3/c1-24-13(23)11-6-5-10(9-12(11)22)21-15(18)19-14(17)20-16(21)7-3-2-4-8-16/h5-6,9,22H,2-4,7-8H2,1H3,(H4,17,18,19,20). The van der Waals surface area contributed by atoms with Gasteiger partial charge in [0, 0.05) is 11.8 Å². The summed E-state index contributed by atoms with van der Waals surface area (Å²) in [6.07, 6.45) is 4.74. The molecular formula is C16H21N5O3. The zero-order valence-electron chi connectivity index (χ0n) is 13.5. The van der Waals surface area contributed by atoms with E-state index in [-0.39, 0.29) is 23.2 Å². The number of aromatic hydroxyl groups is 1. The molecule has 128 valence electrons. The van der Waals surface area contributed by atoms with E-state index in [0.717, 1.165) is 32.1 Å². The third kappa shape index (κ3) is 2.64. The molecule has 1 saturated carbocycles. The molecule has 8 nitrogen and oxygen atoms in total. The van der Waals surface area contributed by atoms with Crippen molar-refractivity contribution in [1.29, 1.82) is 0 Å². The van der Waals surface area contributed by atoms with Crippen LogP contribution in [0.1, 0.15) is 42.5 Å². The molecule has 1 heterocycles. The number of anilines is 1. The molecule has 3 rings (SSSR count). The maximum absolute atomic E-state index is 11.6. The van der Waals surface area contributed by atoms with E-state index in [1.165, 1.54) is 19.2 Å². The predicted octanol–water partition coefficient (Wildman–Crippen LogP) is 1.29. The number of rotatable bonds is 2. The van der Waals surface area contributed by atoms with Gasteiger partial charge in [-0.25, -0.2) is 9.79 Å². The lowest BCUT2D eigenvalue weighted by molar-refractivity contribution is 0.0597. The molecule has 0 amide bonds. The van der Waals surface area contributed by atoms with Gasteiger partial charge < -0.3 is 21.3 Å². The van der Waals surface area contributed by atoms with Gasteiger partial charge in [0.2, 0.25) is 11.9 Å². The number of hydrogen-bond donors (Lipinski definition) is 3. The summed E-state index contributed by atoms with van der Waals surface area (Å²) in [6.45, 7) is 0. The second kappa shape index (κ2) is 6.03. The fraction of sp³-hybridized carbons (Fsp3) is 0.438. The summed E-state index contributed by atoms with van der Waals surface area (Å²) in [6, 6.07) is 4.67. The first-order valence-corrected chi connectivity index (χ1v) is 7.88. The first-order valence-electron chi connectivity index (χ1n) is 7.88. The highest BCUT2D eigenvalue weighted by atomic mass is 16.5. The average Bonchev–Trinajstić information content (AvgIpc) is 2.54. The lowest BCUT2D eigenvalue weighted by atomic mass is 9.87. The summed E-state index contributed by atoms with van der Waals surface area (Å²) in [5.74, 6) is -0.384. The number of nitrogens with two attached hydrogens (primary N) is 2. The summed E-state index contributed by atoms with van der Waals surface area (Å²) in [5, 5.41) is 10.2. The Morgan fingerprint density at radius 3 is 2.62 bits per heavy atom. The first kappa shape index (κ1) is 16.1. The van der Waals surface area contributed by atoms with Crippen molar-refractivity contribution >= 4 is 23.6 Å². The minimum atomic E-state index is -0.603. The molecular weight excluding hydrogens is 310 g/mol. The molecule has 0 aromatic heterocycles. The van der Waals surface area contributed by atoms with Crippen molar-refractivity contribution in [3.8, 4) is 5.75 Å². The van der Waals surface area contributed by atoms with Crippen LogP contribution in [0.5, 0.6) is 5.75 Å². The molecule has 1 aliphatic carbocycles. The van der Waals surface area contributed by atoms with Crippen LogP contribution in [0.25, 0.3) is 0 Å². The van der Waals surface area contributed by atoms with Crippen molar-refractivity contribution in [3.63, 3.8) is 0 Å². The van der Waals surface area contributed by atoms with Gasteiger partial charge in [0.25, 0.3) is 0 Å². The Kier molecular flexibility index (Phi) is 4.04. The number of esters is 1. The van der Waals surface area contributed by atoms with Gasteiger partial charge >= 0.3 is 5.97 Å². The molecule has 0 atom stereocenters. The van der Waals surface area contributed by atoms with Crippen molar-refractivity contribution in [2.24, 2.45) is 21.5 Å². The van der Waals surface area contributed by atoms with Gasteiger partial charge in [0.15, 0.2) is 0 Å². The number of methoxy groups -OCH3 is 1. The van der Waals surface area contributed by atoms with Crippen LogP contribution in [0, 0.1) is 0 Å². The fourth-order valence-electron chi connectivity index (χ4n) is 3.44. The van der Waals surface area contributed by atoms with Gasteiger partial charge in [-0.1, -0.05) is 6.42 Å². The number of phenolic OH excluding ortho intramolecular Hbond substituents is 1. The molecule has 0 radical (unpaired) electrons. The van der Waals surface area contributed by atoms with Crippen molar-refractivity contribution in [1.82, 2.24) is 0 Å². The molecule has 1 aromatic carbocycles. The van der Waals surface area contributed by atoms with E-state index < -0.39 is 11.6 Å². The zero-order valence-corrected chi connectivity index (χ0v) is 13.5. The van der Waals surface area contributed by atoms with E-state index in [2.05, 4.69) is 14.7 Å². The number of guanidine groups is 2. The van der Waals surface area contributed by atoms with Gasteiger partial charge in [0.1, 0.15) is 17.0 Å². The molecule has 1 aliphatic heterocycles. The van der Waals surface area contributed by atoms with Crippen LogP contribution in [0.2, 0.25) is 0 Å². The van der Waals surface area contributed by atoms with Gasteiger partial charge in [-0.2, -0.15) is 4.99 Å². The number of hydrogen-bond acceptors (Lipinski definition) is 8. The first-order chi connectivity index (χ1) is 11.5. The Labute approximate surface area is 139 Å². The van der Waals surface area contributed by atoms with Crippen molar-refractivity contribution in [2.45, 2.75) is 37.8 Å². The number of nitrogens with zero attached hydrogens (tertiary/aromatic N) is 3. The summed E-state index contributed by atoms with van der Waals surface area (Å²) >= 11 is 0. The van der Waals surface area contributed by atoms with Crippen LogP contribution in [0.4, 0.5) is 5.69 Å². The Hall–Kier alpha value is -2.77. The molecule has 0 unspecified atom stereocenters. The van der Waals surface area contributed by atoms with Crippen LogP contribution >= 0.6 is 0 Å². The molecule has 24 heavy (non-hydrogen) atoms. The highest BCUT2D eigenvalue weighted by molar-refractivity contribution is 6.06. The van der Waals surface area contributed by atoms with Crippen LogP contribution in [-0.2, 0) is 4.74 Å². The van der Waals surface area contributed by atoms with Crippen molar-refractivity contribution in [2.75, 3.05) is 12.0 Å². The maximum Gasteiger partial charge on any atom is 0.341 e. The molecule has 2 aliphatic rings. The maximum atomic E-state index is 11.6. The number of aliphatic imine (C=N–C) groups is 2. The Morgan fingerprint density at radius 2 is 2.00 bits per heavy atom. The highest BCUT2D eigenvalue weighted by Crippen LogP contribution is 2.40. The monoisotopic (exact) mass is 331 g/mol. The molecule has 1 aromatic rings. The zero-order chi connectivity index (χ0) is 17.3. The number of carbonyl (C=O) groups excluding carboxylic acids is 1. The van der Waals surface area contributed by atoms with Crippen molar-refractivity contribution < 1.29 is 14.6 Å². The smallest absolute Gasteiger partial charge is 0.341 e. The van der Waals surface area contributed by atoms with E-state index in [1.807, 2.05) is 0 Å². The van der Waals surface area contributed by atoms with Gasteiger partial charge in [0.05, 0.1) is 7.11 Å².